The van der Waals surface area contributed by atoms with Gasteiger partial charge in [0.25, 0.3) is 0 Å². The topological polar surface area (TPSA) is 357 Å². The van der Waals surface area contributed by atoms with Crippen LogP contribution in [0.2, 0.25) is 0 Å². The molecule has 2 aromatic heterocycles. The van der Waals surface area contributed by atoms with E-state index in [4.69, 9.17) is 33.5 Å². The van der Waals surface area contributed by atoms with Gasteiger partial charge >= 0.3 is 18.2 Å². The Morgan fingerprint density at radius 2 is 1.26 bits per heavy atom. The van der Waals surface area contributed by atoms with Gasteiger partial charge in [0.1, 0.15) is 36.1 Å². The molecule has 5 aromatic carbocycles. The molecule has 3 aliphatic rings. The van der Waals surface area contributed by atoms with Gasteiger partial charge < -0.3 is 73.6 Å². The number of aryl methyl sites for hydroxylation is 1. The number of hydrogen-bond donors (Lipinski definition) is 4. The minimum Gasteiger partial charge on any atom is -0.481 e. The summed E-state index contributed by atoms with van der Waals surface area (Å²) in [5.41, 5.74) is 8.60. The fraction of sp³-hybridized carbons (Fsp3) is 0.548. The summed E-state index contributed by atoms with van der Waals surface area (Å²) in [5.74, 6) is -6.78. The molecule has 32 heteroatoms. The zero-order valence-electron chi connectivity index (χ0n) is 82.0. The average molecular weight is 1900 g/mol. The Morgan fingerprint density at radius 1 is 0.610 bits per heavy atom. The van der Waals surface area contributed by atoms with Gasteiger partial charge in [-0.05, 0) is 119 Å². The number of carboxylic acids is 1. The van der Waals surface area contributed by atoms with Crippen LogP contribution in [0.5, 0.6) is 0 Å². The summed E-state index contributed by atoms with van der Waals surface area (Å²) in [5, 5.41) is 25.0. The van der Waals surface area contributed by atoms with Gasteiger partial charge in [0.05, 0.1) is 88.1 Å². The molecule has 10 rings (SSSR count). The van der Waals surface area contributed by atoms with Crippen molar-refractivity contribution in [3.8, 4) is 11.1 Å². The molecule has 7 aromatic rings. The highest BCUT2D eigenvalue weighted by molar-refractivity contribution is 7.09. The molecule has 0 spiro atoms. The van der Waals surface area contributed by atoms with Crippen molar-refractivity contribution in [3.63, 3.8) is 0 Å². The number of Topliss-reactive ketones (excluding diaryl/α,β-unsaturated/α-hetero) is 2. The standard InChI is InChI=1S/C104H142N12O19S/c1-17-69(8)96(89(130-15)62-92(121)116-48-27-36-87(116)97(131-16)70(9)98(124)107-85(101-105-47-57-136-101)58-72-28-19-18-20-29-72)110(12)102(127)94(67(4)5)108-100(126)95(68(6)7)111(13)103(128)134-64-74-39-37-73(38-40-74)59-88(118)71(10)106-99(125)83(66(2)3)61-78(117)41-42-91(120)115(52-54-133-56-55-132-53-46-93(122)123)76-43-49-113(50-44-76)90(119)45-51-114-77(60-75-30-21-26-35-86(75)114)63-109(11)112(14)104(129)135-65-84-81-33-24-22-31-79(81)80-32-23-25-34-82(80)84/h18-26,28-35,37-40,47,57,60,66-71,76,83-85,87,89,94-97H,17,27,36,41-46,48-56,58-59,61-65H2,1-16H3,(H,106,125)(H,107,124)(H,108,126)(H,122,123)/t69-,70+,71-,83-,85-,87-,89+,94-,95-,96-,97+/m0/s1. The van der Waals surface area contributed by atoms with E-state index < -0.39 is 102 Å². The summed E-state index contributed by atoms with van der Waals surface area (Å²) < 4.78 is 37.4. The molecule has 2 aliphatic heterocycles. The number of carbonyl (C=O) groups is 12. The van der Waals surface area contributed by atoms with E-state index in [0.717, 1.165) is 49.4 Å². The van der Waals surface area contributed by atoms with Crippen LogP contribution >= 0.6 is 11.3 Å². The molecule has 738 valence electrons. The fourth-order valence-corrected chi connectivity index (χ4v) is 19.7. The minimum absolute atomic E-state index is 0.0182. The predicted octanol–water partition coefficient (Wildman–Crippen LogP) is 13.1. The van der Waals surface area contributed by atoms with E-state index in [0.29, 0.717) is 82.4 Å². The van der Waals surface area contributed by atoms with E-state index in [2.05, 4.69) is 55.8 Å². The molecular formula is C104H142N12O19S. The number of nitrogens with one attached hydrogen (secondary N) is 3. The van der Waals surface area contributed by atoms with E-state index in [1.165, 1.54) is 35.4 Å². The number of hydrazine groups is 1. The van der Waals surface area contributed by atoms with E-state index in [9.17, 15) is 57.5 Å². The Hall–Kier alpha value is -11.3. The molecule has 1 aliphatic carbocycles. The Balaban J connectivity index is 0.670. The van der Waals surface area contributed by atoms with E-state index in [1.54, 1.807) is 92.1 Å². The number of likely N-dealkylation sites (tertiary alicyclic amines) is 2. The molecule has 0 saturated carbocycles. The zero-order chi connectivity index (χ0) is 98.6. The number of amides is 9. The SMILES string of the molecule is CC[C@H](C)[C@@H]([C@@H](CC(=O)N1CCC[C@H]1[C@H](OC)[C@@H](C)C(=O)N[C@@H](Cc1ccccc1)c1nccs1)OC)N(C)C(=O)[C@@H](NC(=O)[C@H](C(C)C)N(C)C(=O)OCc1ccc(CC(=O)[C@H](C)NC(=O)[C@@H](CC(=O)CCC(=O)N(CCOCCOCCC(=O)O)C2CCN(C(=O)CCn3c(CN(C)N(C)C(=O)OCC4c5ccccc5-c5ccccc54)cc4ccccc43)CC2)C(C)C)cc1)C(C)C. The van der Waals surface area contributed by atoms with Gasteiger partial charge in [-0.25, -0.2) is 24.6 Å². The maximum Gasteiger partial charge on any atom is 0.424 e. The summed E-state index contributed by atoms with van der Waals surface area (Å²) in [6.07, 6.45) is 1.81. The Bertz CT molecular complexity index is 5090. The van der Waals surface area contributed by atoms with Crippen LogP contribution < -0.4 is 16.0 Å². The number of hydrogen-bond acceptors (Lipinski definition) is 21. The van der Waals surface area contributed by atoms with Crippen LogP contribution in [-0.4, -0.2) is 270 Å². The zero-order valence-corrected chi connectivity index (χ0v) is 82.8. The summed E-state index contributed by atoms with van der Waals surface area (Å²) in [7, 11) is 9.70. The summed E-state index contributed by atoms with van der Waals surface area (Å²) >= 11 is 1.47. The van der Waals surface area contributed by atoms with Crippen LogP contribution in [-0.2, 0) is 109 Å². The normalized spacial score (nSPS) is 16.1. The minimum atomic E-state index is -1.08. The number of likely N-dealkylation sites (N-methyl/N-ethyl adjacent to an activating group) is 2. The largest absolute Gasteiger partial charge is 0.481 e. The van der Waals surface area contributed by atoms with Gasteiger partial charge in [0, 0.05) is 148 Å². The molecule has 0 radical (unpaired) electrons. The number of methoxy groups -OCH3 is 2. The number of aromatic nitrogens is 2. The molecule has 2 fully saturated rings. The van der Waals surface area contributed by atoms with Crippen LogP contribution in [0.15, 0.2) is 145 Å². The van der Waals surface area contributed by atoms with Crippen LogP contribution in [0.1, 0.15) is 190 Å². The van der Waals surface area contributed by atoms with Crippen molar-refractivity contribution in [1.29, 1.82) is 0 Å². The third-order valence-corrected chi connectivity index (χ3v) is 28.0. The van der Waals surface area contributed by atoms with Crippen molar-refractivity contribution < 1.29 is 91.1 Å². The Kier molecular flexibility index (Phi) is 40.6. The molecule has 11 atom stereocenters. The molecule has 136 heavy (non-hydrogen) atoms. The van der Waals surface area contributed by atoms with Gasteiger partial charge in [-0.3, -0.25) is 52.8 Å². The molecular weight excluding hydrogens is 1750 g/mol. The van der Waals surface area contributed by atoms with Gasteiger partial charge in [-0.1, -0.05) is 190 Å². The van der Waals surface area contributed by atoms with Crippen LogP contribution in [0, 0.1) is 35.5 Å². The van der Waals surface area contributed by atoms with Gasteiger partial charge in [-0.2, -0.15) is 0 Å². The maximum absolute atomic E-state index is 15.0. The first-order valence-corrected chi connectivity index (χ1v) is 48.8. The first kappa shape index (κ1) is 107. The highest BCUT2D eigenvalue weighted by atomic mass is 32.1. The van der Waals surface area contributed by atoms with E-state index in [1.807, 2.05) is 145 Å². The summed E-state index contributed by atoms with van der Waals surface area (Å²) in [6.45, 7) is 20.7. The third-order valence-electron chi connectivity index (χ3n) is 27.1. The van der Waals surface area contributed by atoms with Crippen molar-refractivity contribution in [2.75, 3.05) is 102 Å². The molecule has 4 N–H and O–H groups in total. The number of carboxylic acid groups (broad SMARTS) is 1. The maximum atomic E-state index is 15.0. The first-order chi connectivity index (χ1) is 65.1. The summed E-state index contributed by atoms with van der Waals surface area (Å²) in [4.78, 5) is 180. The fourth-order valence-electron chi connectivity index (χ4n) is 19.0. The van der Waals surface area contributed by atoms with E-state index in [-0.39, 0.29) is 156 Å². The molecule has 4 heterocycles. The van der Waals surface area contributed by atoms with Crippen molar-refractivity contribution in [3.05, 3.63) is 184 Å². The molecule has 2 saturated heterocycles. The van der Waals surface area contributed by atoms with Crippen LogP contribution in [0.3, 0.4) is 0 Å². The van der Waals surface area contributed by atoms with Crippen LogP contribution in [0.25, 0.3) is 22.0 Å². The van der Waals surface area contributed by atoms with Gasteiger partial charge in [-0.15, -0.1) is 11.3 Å². The predicted molar refractivity (Wildman–Crippen MR) is 519 cm³/mol. The first-order valence-electron chi connectivity index (χ1n) is 47.9. The lowest BCUT2D eigenvalue weighted by Crippen LogP contribution is -2.60. The lowest BCUT2D eigenvalue weighted by Gasteiger charge is -2.41. The number of piperidine rings is 1. The van der Waals surface area contributed by atoms with Crippen LogP contribution in [0.4, 0.5) is 9.59 Å². The third kappa shape index (κ3) is 28.7. The second kappa shape index (κ2) is 51.8. The smallest absolute Gasteiger partial charge is 0.424 e. The Labute approximate surface area is 804 Å². The second-order valence-corrected chi connectivity index (χ2v) is 38.3. The molecule has 0 bridgehead atoms. The lowest BCUT2D eigenvalue weighted by atomic mass is 9.88. The number of ether oxygens (including phenoxy) is 6. The number of thiazole rings is 1. The van der Waals surface area contributed by atoms with Crippen molar-refractivity contribution >= 4 is 93.3 Å². The quantitative estimate of drug-likeness (QED) is 0.0203. The number of fused-ring (bicyclic) bond motifs is 4. The van der Waals surface area contributed by atoms with E-state index >= 15 is 0 Å². The Morgan fingerprint density at radius 3 is 1.88 bits per heavy atom. The molecule has 31 nitrogen and oxygen atoms in total. The second-order valence-electron chi connectivity index (χ2n) is 37.4. The monoisotopic (exact) mass is 1900 g/mol. The number of para-hydroxylation sites is 1. The van der Waals surface area contributed by atoms with Gasteiger partial charge in [0.2, 0.25) is 41.4 Å². The number of rotatable bonds is 52. The van der Waals surface area contributed by atoms with Crippen molar-refractivity contribution in [1.82, 2.24) is 60.0 Å². The average Bonchev–Trinajstić information content (AvgIpc) is 1.61. The molecule has 9 amide bonds. The number of ketones is 2. The highest BCUT2D eigenvalue weighted by Gasteiger charge is 2.45. The van der Waals surface area contributed by atoms with Crippen molar-refractivity contribution in [2.45, 2.75) is 233 Å². The number of nitrogens with zero attached hydrogens (tertiary/aromatic N) is 9. The number of benzene rings is 5. The summed E-state index contributed by atoms with van der Waals surface area (Å²) in [6, 6.07) is 38.3. The van der Waals surface area contributed by atoms with Gasteiger partial charge in [0.15, 0.2) is 5.78 Å². The number of carbonyl (C=O) groups excluding carboxylic acids is 11. The number of aliphatic carboxylic acids is 1. The molecule has 0 unspecified atom stereocenters. The highest BCUT2D eigenvalue weighted by Crippen LogP contribution is 2.45. The lowest BCUT2D eigenvalue weighted by molar-refractivity contribution is -0.148. The van der Waals surface area contributed by atoms with Crippen molar-refractivity contribution in [2.24, 2.45) is 35.5 Å².